The maximum absolute atomic E-state index is 13.0. The van der Waals surface area contributed by atoms with E-state index in [1.54, 1.807) is 24.3 Å². The normalized spacial score (nSPS) is 11.4. The van der Waals surface area contributed by atoms with Crippen LogP contribution in [0.5, 0.6) is 11.5 Å². The number of anilines is 2. The highest BCUT2D eigenvalue weighted by molar-refractivity contribution is 6.18. The number of alkyl halides is 2. The number of unbranched alkanes of at least 4 members (excludes halogenated alkanes) is 2. The average molecular weight is 672 g/mol. The summed E-state index contributed by atoms with van der Waals surface area (Å²) in [7, 11) is 0. The molecule has 3 aromatic carbocycles. The lowest BCUT2D eigenvalue weighted by molar-refractivity contribution is -0.126. The van der Waals surface area contributed by atoms with Crippen LogP contribution in [0, 0.1) is 0 Å². The van der Waals surface area contributed by atoms with Crippen molar-refractivity contribution in [2.75, 3.05) is 41.6 Å². The van der Waals surface area contributed by atoms with E-state index >= 15 is 0 Å². The van der Waals surface area contributed by atoms with Gasteiger partial charge in [-0.1, -0.05) is 30.7 Å². The highest BCUT2D eigenvalue weighted by atomic mass is 35.5. The fourth-order valence-corrected chi connectivity index (χ4v) is 5.33. The molecular weight excluding hydrogens is 627 g/mol. The highest BCUT2D eigenvalue weighted by Gasteiger charge is 2.21. The van der Waals surface area contributed by atoms with Gasteiger partial charge in [-0.25, -0.2) is 0 Å². The predicted octanol–water partition coefficient (Wildman–Crippen LogP) is 5.75. The second-order valence-corrected chi connectivity index (χ2v) is 11.8. The van der Waals surface area contributed by atoms with Gasteiger partial charge in [0.1, 0.15) is 17.5 Å². The Hall–Kier alpha value is -3.95. The number of halogens is 2. The van der Waals surface area contributed by atoms with Gasteiger partial charge in [-0.2, -0.15) is 0 Å². The zero-order chi connectivity index (χ0) is 33.1. The van der Waals surface area contributed by atoms with Crippen molar-refractivity contribution in [3.63, 3.8) is 0 Å². The molecule has 46 heavy (non-hydrogen) atoms. The van der Waals surface area contributed by atoms with E-state index in [2.05, 4.69) is 45.1 Å². The number of rotatable bonds is 20. The summed E-state index contributed by atoms with van der Waals surface area (Å²) in [5, 5.41) is 27.6. The van der Waals surface area contributed by atoms with E-state index in [4.69, 9.17) is 23.2 Å². The van der Waals surface area contributed by atoms with Crippen LogP contribution in [0.1, 0.15) is 49.7 Å². The Morgan fingerprint density at radius 2 is 1.28 bits per heavy atom. The van der Waals surface area contributed by atoms with Crippen LogP contribution >= 0.6 is 23.2 Å². The number of carbonyl (C=O) groups excluding carboxylic acids is 3. The molecule has 0 saturated heterocycles. The number of hydrogen-bond acceptors (Lipinski definition) is 6. The third-order valence-electron chi connectivity index (χ3n) is 7.45. The number of aryl methyl sites for hydroxylation is 1. The predicted molar refractivity (Wildman–Crippen MR) is 185 cm³/mol. The summed E-state index contributed by atoms with van der Waals surface area (Å²) in [4.78, 5) is 40.2. The lowest BCUT2D eigenvalue weighted by Gasteiger charge is -2.23. The molecule has 0 spiro atoms. The first-order valence-electron chi connectivity index (χ1n) is 15.7. The molecule has 1 atom stereocenters. The highest BCUT2D eigenvalue weighted by Crippen LogP contribution is 2.18. The zero-order valence-electron chi connectivity index (χ0n) is 26.0. The summed E-state index contributed by atoms with van der Waals surface area (Å²) in [5.74, 6) is 0.660. The minimum absolute atomic E-state index is 0.0153. The van der Waals surface area contributed by atoms with Crippen LogP contribution in [-0.4, -0.2) is 65.4 Å². The van der Waals surface area contributed by atoms with Crippen LogP contribution in [0.3, 0.4) is 0 Å². The van der Waals surface area contributed by atoms with Crippen LogP contribution in [0.4, 0.5) is 11.4 Å². The summed E-state index contributed by atoms with van der Waals surface area (Å²) in [6, 6.07) is 20.0. The quantitative estimate of drug-likeness (QED) is 0.0591. The maximum atomic E-state index is 13.0. The monoisotopic (exact) mass is 670 g/mol. The number of aromatic hydroxyl groups is 2. The van der Waals surface area contributed by atoms with E-state index in [1.165, 1.54) is 29.8 Å². The summed E-state index contributed by atoms with van der Waals surface area (Å²) in [6.07, 6.45) is 4.64. The van der Waals surface area contributed by atoms with Crippen LogP contribution in [0.2, 0.25) is 0 Å². The van der Waals surface area contributed by atoms with Crippen molar-refractivity contribution < 1.29 is 24.6 Å². The van der Waals surface area contributed by atoms with Crippen molar-refractivity contribution in [2.45, 2.75) is 57.4 Å². The Morgan fingerprint density at radius 1 is 0.696 bits per heavy atom. The maximum Gasteiger partial charge on any atom is 0.247 e. The van der Waals surface area contributed by atoms with E-state index in [9.17, 15) is 24.6 Å². The first kappa shape index (κ1) is 36.5. The molecule has 0 aromatic heterocycles. The molecule has 248 valence electrons. The second-order valence-electron chi connectivity index (χ2n) is 11.1. The number of phenols is 2. The number of phenolic OH excluding ortho intramolecular Hbond substituents is 2. The summed E-state index contributed by atoms with van der Waals surface area (Å²) in [5.41, 5.74) is 3.54. The topological polar surface area (TPSA) is 131 Å². The molecule has 9 nitrogen and oxygen atoms in total. The van der Waals surface area contributed by atoms with E-state index in [1.807, 2.05) is 0 Å². The minimum atomic E-state index is -0.829. The third kappa shape index (κ3) is 13.6. The van der Waals surface area contributed by atoms with Gasteiger partial charge in [-0.05, 0) is 85.3 Å². The first-order chi connectivity index (χ1) is 22.3. The van der Waals surface area contributed by atoms with Crippen LogP contribution in [-0.2, 0) is 27.2 Å². The van der Waals surface area contributed by atoms with Crippen molar-refractivity contribution in [3.05, 3.63) is 83.9 Å². The molecule has 0 heterocycles. The smallest absolute Gasteiger partial charge is 0.247 e. The SMILES string of the molecule is O=C(CCCc1ccc(N(CCCl)CCCl)cc1)NCCCCCC(=O)N[C@@H](Cc1ccc(O)cc1)C(=O)Nc1ccc(O)cc1. The lowest BCUT2D eigenvalue weighted by Crippen LogP contribution is -2.45. The number of nitrogens with zero attached hydrogens (tertiary/aromatic N) is 1. The Bertz CT molecular complexity index is 1350. The standard InChI is InChI=1S/C35H44Cl2N4O5/c36-20-23-41(24-21-37)29-14-8-26(9-15-29)5-4-7-33(44)38-22-3-1-2-6-34(45)40-32(25-27-10-16-30(42)17-11-27)35(46)39-28-12-18-31(43)19-13-28/h8-19,32,42-43H,1-7,20-25H2,(H,38,44)(H,39,46)(H,40,45)/t32-/m0/s1. The van der Waals surface area contributed by atoms with Crippen LogP contribution < -0.4 is 20.9 Å². The molecule has 0 aliphatic carbocycles. The lowest BCUT2D eigenvalue weighted by atomic mass is 10.0. The van der Waals surface area contributed by atoms with Crippen molar-refractivity contribution in [2.24, 2.45) is 0 Å². The summed E-state index contributed by atoms with van der Waals surface area (Å²) < 4.78 is 0. The van der Waals surface area contributed by atoms with Crippen molar-refractivity contribution in [1.82, 2.24) is 10.6 Å². The first-order valence-corrected chi connectivity index (χ1v) is 16.7. The molecule has 0 unspecified atom stereocenters. The Morgan fingerprint density at radius 3 is 1.91 bits per heavy atom. The van der Waals surface area contributed by atoms with Gasteiger partial charge in [0, 0.05) is 62.0 Å². The molecule has 3 aromatic rings. The van der Waals surface area contributed by atoms with Crippen molar-refractivity contribution in [1.29, 1.82) is 0 Å². The minimum Gasteiger partial charge on any atom is -0.508 e. The molecule has 0 bridgehead atoms. The molecule has 0 saturated carbocycles. The van der Waals surface area contributed by atoms with Gasteiger partial charge < -0.3 is 31.1 Å². The Labute approximate surface area is 281 Å². The van der Waals surface area contributed by atoms with Crippen molar-refractivity contribution >= 4 is 52.3 Å². The van der Waals surface area contributed by atoms with Gasteiger partial charge in [0.25, 0.3) is 0 Å². The molecule has 11 heteroatoms. The number of benzene rings is 3. The van der Waals surface area contributed by atoms with Gasteiger partial charge in [0.15, 0.2) is 0 Å². The number of carbonyl (C=O) groups is 3. The third-order valence-corrected chi connectivity index (χ3v) is 7.78. The van der Waals surface area contributed by atoms with E-state index in [-0.39, 0.29) is 42.1 Å². The molecule has 0 radical (unpaired) electrons. The number of nitrogens with one attached hydrogen (secondary N) is 3. The number of amides is 3. The number of hydrogen-bond donors (Lipinski definition) is 5. The Kier molecular flexibility index (Phi) is 16.1. The molecule has 3 rings (SSSR count). The van der Waals surface area contributed by atoms with E-state index in [0.29, 0.717) is 36.8 Å². The van der Waals surface area contributed by atoms with Crippen LogP contribution in [0.25, 0.3) is 0 Å². The van der Waals surface area contributed by atoms with Crippen LogP contribution in [0.15, 0.2) is 72.8 Å². The largest absolute Gasteiger partial charge is 0.508 e. The zero-order valence-corrected chi connectivity index (χ0v) is 27.5. The summed E-state index contributed by atoms with van der Waals surface area (Å²) in [6.45, 7) is 2.03. The van der Waals surface area contributed by atoms with Crippen molar-refractivity contribution in [3.8, 4) is 11.5 Å². The van der Waals surface area contributed by atoms with E-state index < -0.39 is 6.04 Å². The Balaban J connectivity index is 1.33. The van der Waals surface area contributed by atoms with Gasteiger partial charge in [0.05, 0.1) is 0 Å². The van der Waals surface area contributed by atoms with Gasteiger partial charge >= 0.3 is 0 Å². The second kappa shape index (κ2) is 20.2. The molecule has 0 aliphatic rings. The molecule has 0 fully saturated rings. The fourth-order valence-electron chi connectivity index (χ4n) is 4.92. The molecule has 3 amide bonds. The summed E-state index contributed by atoms with van der Waals surface area (Å²) >= 11 is 11.8. The molecule has 0 aliphatic heterocycles. The van der Waals surface area contributed by atoms with E-state index in [0.717, 1.165) is 50.0 Å². The average Bonchev–Trinajstić information content (AvgIpc) is 3.04. The van der Waals surface area contributed by atoms with Gasteiger partial charge in [0.2, 0.25) is 17.7 Å². The van der Waals surface area contributed by atoms with Gasteiger partial charge in [-0.15, -0.1) is 23.2 Å². The molecule has 5 N–H and O–H groups in total. The van der Waals surface area contributed by atoms with Gasteiger partial charge in [-0.3, -0.25) is 14.4 Å². The fraction of sp³-hybridized carbons (Fsp3) is 0.400. The molecular formula is C35H44Cl2N4O5.